The molecule has 0 saturated carbocycles. The molecule has 62 valence electrons. The van der Waals surface area contributed by atoms with Gasteiger partial charge in [0.2, 0.25) is 0 Å². The van der Waals surface area contributed by atoms with E-state index in [1.165, 1.54) is 6.20 Å². The Bertz CT molecular complexity index is 338. The lowest BCUT2D eigenvalue weighted by Gasteiger charge is -2.16. The van der Waals surface area contributed by atoms with E-state index < -0.39 is 0 Å². The Morgan fingerprint density at radius 3 is 3.25 bits per heavy atom. The van der Waals surface area contributed by atoms with E-state index >= 15 is 0 Å². The minimum absolute atomic E-state index is 0.521. The largest absolute Gasteiger partial charge is 0.491 e. The van der Waals surface area contributed by atoms with Gasteiger partial charge in [-0.1, -0.05) is 11.6 Å². The van der Waals surface area contributed by atoms with Crippen LogP contribution in [0.5, 0.6) is 5.75 Å². The number of nitrogens with zero attached hydrogens (tertiary/aromatic N) is 1. The fourth-order valence-corrected chi connectivity index (χ4v) is 1.29. The number of rotatable bonds is 0. The minimum Gasteiger partial charge on any atom is -0.491 e. The summed E-state index contributed by atoms with van der Waals surface area (Å²) in [4.78, 5) is 4.02. The summed E-state index contributed by atoms with van der Waals surface area (Å²) in [7, 11) is 0. The van der Waals surface area contributed by atoms with Gasteiger partial charge in [-0.25, -0.2) is 4.98 Å². The molecule has 3 nitrogen and oxygen atoms in total. The van der Waals surface area contributed by atoms with Crippen LogP contribution >= 0.6 is 11.6 Å². The normalized spacial score (nSPS) is 15.2. The van der Waals surface area contributed by atoms with Crippen molar-refractivity contribution in [2.45, 2.75) is 6.42 Å². The third-order valence-electron chi connectivity index (χ3n) is 1.71. The van der Waals surface area contributed by atoms with E-state index in [1.54, 1.807) is 6.07 Å². The van der Waals surface area contributed by atoms with Crippen LogP contribution in [0.2, 0.25) is 5.02 Å². The van der Waals surface area contributed by atoms with Crippen molar-refractivity contribution in [2.24, 2.45) is 0 Å². The van der Waals surface area contributed by atoms with Crippen LogP contribution in [0.15, 0.2) is 12.3 Å². The molecule has 1 aromatic heterocycles. The highest BCUT2D eigenvalue weighted by molar-refractivity contribution is 6.30. The number of pyridine rings is 1. The molecule has 0 saturated heterocycles. The predicted molar refractivity (Wildman–Crippen MR) is 46.2 cm³/mol. The molecule has 1 N–H and O–H groups in total. The van der Waals surface area contributed by atoms with Gasteiger partial charge in [0.25, 0.3) is 0 Å². The maximum Gasteiger partial charge on any atom is 0.148 e. The summed E-state index contributed by atoms with van der Waals surface area (Å²) >= 11 is 5.71. The van der Waals surface area contributed by atoms with Crippen molar-refractivity contribution in [3.8, 4) is 5.75 Å². The van der Waals surface area contributed by atoms with Crippen molar-refractivity contribution in [1.29, 1.82) is 5.41 Å². The highest BCUT2D eigenvalue weighted by Gasteiger charge is 2.16. The number of hydrogen-bond acceptors (Lipinski definition) is 3. The van der Waals surface area contributed by atoms with Crippen LogP contribution in [-0.2, 0) is 0 Å². The van der Waals surface area contributed by atoms with Gasteiger partial charge in [-0.2, -0.15) is 0 Å². The Balaban J connectivity index is 2.53. The van der Waals surface area contributed by atoms with Gasteiger partial charge in [-0.15, -0.1) is 0 Å². The fourth-order valence-electron chi connectivity index (χ4n) is 1.14. The fraction of sp³-hybridized carbons (Fsp3) is 0.250. The lowest BCUT2D eigenvalue weighted by atomic mass is 10.1. The zero-order valence-corrected chi connectivity index (χ0v) is 7.06. The Hall–Kier alpha value is -1.09. The van der Waals surface area contributed by atoms with Crippen LogP contribution < -0.4 is 4.74 Å². The summed E-state index contributed by atoms with van der Waals surface area (Å²) in [6.45, 7) is 0.549. The van der Waals surface area contributed by atoms with E-state index in [-0.39, 0.29) is 0 Å². The summed E-state index contributed by atoms with van der Waals surface area (Å²) in [5.74, 6) is 0.624. The number of hydrogen-bond donors (Lipinski definition) is 1. The molecule has 0 unspecified atom stereocenters. The molecule has 0 amide bonds. The monoisotopic (exact) mass is 182 g/mol. The number of ether oxygens (including phenoxy) is 1. The molecule has 0 fully saturated rings. The maximum atomic E-state index is 7.56. The van der Waals surface area contributed by atoms with Crippen LogP contribution in [0, 0.1) is 5.41 Å². The smallest absolute Gasteiger partial charge is 0.148 e. The molecule has 1 aromatic rings. The molecule has 0 aliphatic carbocycles. The molecular formula is C8H7ClN2O. The van der Waals surface area contributed by atoms with Crippen molar-refractivity contribution in [2.75, 3.05) is 6.61 Å². The second-order valence-corrected chi connectivity index (χ2v) is 3.01. The van der Waals surface area contributed by atoms with Gasteiger partial charge in [0.15, 0.2) is 0 Å². The quantitative estimate of drug-likeness (QED) is 0.666. The van der Waals surface area contributed by atoms with Crippen LogP contribution in [0.1, 0.15) is 12.1 Å². The van der Waals surface area contributed by atoms with Gasteiger partial charge < -0.3 is 10.1 Å². The summed E-state index contributed by atoms with van der Waals surface area (Å²) in [6.07, 6.45) is 2.16. The average Bonchev–Trinajstić information content (AvgIpc) is 2.04. The van der Waals surface area contributed by atoms with Gasteiger partial charge in [0.05, 0.1) is 17.3 Å². The van der Waals surface area contributed by atoms with Crippen molar-refractivity contribution in [3.63, 3.8) is 0 Å². The first kappa shape index (κ1) is 7.55. The zero-order valence-electron chi connectivity index (χ0n) is 6.30. The van der Waals surface area contributed by atoms with Gasteiger partial charge in [-0.3, -0.25) is 0 Å². The van der Waals surface area contributed by atoms with Crippen LogP contribution in [-0.4, -0.2) is 17.3 Å². The Morgan fingerprint density at radius 1 is 1.58 bits per heavy atom. The van der Waals surface area contributed by atoms with Crippen LogP contribution in [0.4, 0.5) is 0 Å². The molecule has 0 radical (unpaired) electrons. The third kappa shape index (κ3) is 1.16. The van der Waals surface area contributed by atoms with Crippen molar-refractivity contribution >= 4 is 17.3 Å². The number of halogens is 1. The lowest BCUT2D eigenvalue weighted by Crippen LogP contribution is -2.16. The van der Waals surface area contributed by atoms with Gasteiger partial charge >= 0.3 is 0 Å². The minimum atomic E-state index is 0.521. The zero-order chi connectivity index (χ0) is 8.55. The maximum absolute atomic E-state index is 7.56. The summed E-state index contributed by atoms with van der Waals surface area (Å²) in [5, 5.41) is 8.10. The standard InChI is InChI=1S/C8H7ClN2O/c9-5-3-7-8(11-4-5)6(10)1-2-12-7/h3-4,10H,1-2H2. The average molecular weight is 183 g/mol. The molecule has 1 aliphatic heterocycles. The molecule has 2 rings (SSSR count). The van der Waals surface area contributed by atoms with Crippen LogP contribution in [0.3, 0.4) is 0 Å². The SMILES string of the molecule is N=C1CCOc2cc(Cl)cnc21. The number of aromatic nitrogens is 1. The Morgan fingerprint density at radius 2 is 2.42 bits per heavy atom. The van der Waals surface area contributed by atoms with E-state index in [2.05, 4.69) is 4.98 Å². The first-order chi connectivity index (χ1) is 5.77. The highest BCUT2D eigenvalue weighted by Crippen LogP contribution is 2.25. The van der Waals surface area contributed by atoms with E-state index in [0.717, 1.165) is 0 Å². The van der Waals surface area contributed by atoms with E-state index in [1.807, 2.05) is 0 Å². The highest BCUT2D eigenvalue weighted by atomic mass is 35.5. The summed E-state index contributed by atoms with van der Waals surface area (Å²) in [6, 6.07) is 1.69. The first-order valence-corrected chi connectivity index (χ1v) is 4.01. The van der Waals surface area contributed by atoms with Gasteiger partial charge in [-0.05, 0) is 0 Å². The molecule has 1 aliphatic rings. The summed E-state index contributed by atoms with van der Waals surface area (Å²) in [5.41, 5.74) is 1.14. The molecule has 0 aromatic carbocycles. The topological polar surface area (TPSA) is 46.0 Å². The Labute approximate surface area is 74.8 Å². The van der Waals surface area contributed by atoms with Crippen LogP contribution in [0.25, 0.3) is 0 Å². The van der Waals surface area contributed by atoms with Crippen molar-refractivity contribution in [3.05, 3.63) is 23.0 Å². The van der Waals surface area contributed by atoms with E-state index in [4.69, 9.17) is 21.7 Å². The molecule has 0 spiro atoms. The van der Waals surface area contributed by atoms with Gasteiger partial charge in [0, 0.05) is 18.7 Å². The molecule has 4 heteroatoms. The molecule has 2 heterocycles. The van der Waals surface area contributed by atoms with E-state index in [9.17, 15) is 0 Å². The predicted octanol–water partition coefficient (Wildman–Crippen LogP) is 1.89. The molecule has 0 bridgehead atoms. The van der Waals surface area contributed by atoms with E-state index in [0.29, 0.717) is 35.2 Å². The summed E-state index contributed by atoms with van der Waals surface area (Å²) < 4.78 is 5.29. The number of fused-ring (bicyclic) bond motifs is 1. The van der Waals surface area contributed by atoms with Gasteiger partial charge in [0.1, 0.15) is 11.4 Å². The second-order valence-electron chi connectivity index (χ2n) is 2.58. The van der Waals surface area contributed by atoms with Crippen molar-refractivity contribution < 1.29 is 4.74 Å². The molecule has 0 atom stereocenters. The molecular weight excluding hydrogens is 176 g/mol. The third-order valence-corrected chi connectivity index (χ3v) is 1.92. The Kier molecular flexibility index (Phi) is 1.73. The first-order valence-electron chi connectivity index (χ1n) is 3.63. The van der Waals surface area contributed by atoms with Crippen molar-refractivity contribution in [1.82, 2.24) is 4.98 Å². The number of nitrogens with one attached hydrogen (secondary N) is 1. The lowest BCUT2D eigenvalue weighted by molar-refractivity contribution is 0.318. The molecule has 12 heavy (non-hydrogen) atoms. The second kappa shape index (κ2) is 2.75.